The molecule has 0 aliphatic carbocycles. The third-order valence-corrected chi connectivity index (χ3v) is 3.49. The van der Waals surface area contributed by atoms with Crippen molar-refractivity contribution in [2.24, 2.45) is 0 Å². The Morgan fingerprint density at radius 1 is 1.00 bits per heavy atom. The quantitative estimate of drug-likeness (QED) is 0.811. The molecule has 1 N–H and O–H groups in total. The summed E-state index contributed by atoms with van der Waals surface area (Å²) in [7, 11) is 1.68. The summed E-state index contributed by atoms with van der Waals surface area (Å²) in [5, 5.41) is 3.51. The Bertz CT molecular complexity index is 516. The van der Waals surface area contributed by atoms with Gasteiger partial charge in [0, 0.05) is 11.7 Å². The lowest BCUT2D eigenvalue weighted by molar-refractivity contribution is 0.415. The molecule has 1 atom stereocenters. The molecule has 0 aliphatic rings. The molecule has 0 aliphatic heterocycles. The van der Waals surface area contributed by atoms with E-state index in [2.05, 4.69) is 43.4 Å². The third-order valence-electron chi connectivity index (χ3n) is 3.49. The van der Waals surface area contributed by atoms with Crippen LogP contribution >= 0.6 is 0 Å². The summed E-state index contributed by atoms with van der Waals surface area (Å²) in [5.41, 5.74) is 3.82. The highest BCUT2D eigenvalue weighted by Crippen LogP contribution is 2.22. The molecule has 2 aromatic rings. The summed E-state index contributed by atoms with van der Waals surface area (Å²) < 4.78 is 5.17. The van der Waals surface area contributed by atoms with Crippen LogP contribution in [0.2, 0.25) is 0 Å². The second kappa shape index (κ2) is 6.99. The molecular formula is C18H23NO. The van der Waals surface area contributed by atoms with Crippen molar-refractivity contribution in [2.75, 3.05) is 12.4 Å². The van der Waals surface area contributed by atoms with Crippen LogP contribution in [-0.2, 0) is 6.42 Å². The van der Waals surface area contributed by atoms with Crippen LogP contribution in [0.3, 0.4) is 0 Å². The van der Waals surface area contributed by atoms with E-state index < -0.39 is 0 Å². The lowest BCUT2D eigenvalue weighted by Crippen LogP contribution is -2.06. The zero-order valence-corrected chi connectivity index (χ0v) is 12.5. The van der Waals surface area contributed by atoms with E-state index in [0.717, 1.165) is 17.9 Å². The second-order valence-electron chi connectivity index (χ2n) is 5.09. The summed E-state index contributed by atoms with van der Waals surface area (Å²) in [6.07, 6.45) is 2.35. The molecule has 0 heterocycles. The minimum atomic E-state index is 0.291. The number of rotatable bonds is 6. The van der Waals surface area contributed by atoms with Crippen molar-refractivity contribution >= 4 is 5.69 Å². The molecule has 2 rings (SSSR count). The molecule has 0 spiro atoms. The average molecular weight is 269 g/mol. The highest BCUT2D eigenvalue weighted by atomic mass is 16.5. The fourth-order valence-electron chi connectivity index (χ4n) is 2.28. The van der Waals surface area contributed by atoms with E-state index in [9.17, 15) is 0 Å². The van der Waals surface area contributed by atoms with Crippen LogP contribution in [0.5, 0.6) is 5.75 Å². The van der Waals surface area contributed by atoms with Crippen LogP contribution in [-0.4, -0.2) is 7.11 Å². The maximum absolute atomic E-state index is 5.17. The average Bonchev–Trinajstić information content (AvgIpc) is 2.49. The van der Waals surface area contributed by atoms with Gasteiger partial charge < -0.3 is 10.1 Å². The van der Waals surface area contributed by atoms with Crippen LogP contribution in [0.4, 0.5) is 5.69 Å². The first kappa shape index (κ1) is 14.4. The number of ether oxygens (including phenoxy) is 1. The van der Waals surface area contributed by atoms with Crippen molar-refractivity contribution in [3.8, 4) is 5.75 Å². The van der Waals surface area contributed by atoms with E-state index in [1.165, 1.54) is 17.5 Å². The first-order valence-electron chi connectivity index (χ1n) is 7.22. The van der Waals surface area contributed by atoms with Gasteiger partial charge in [-0.15, -0.1) is 0 Å². The fraction of sp³-hybridized carbons (Fsp3) is 0.333. The number of aryl methyl sites for hydroxylation is 1. The van der Waals surface area contributed by atoms with E-state index in [0.29, 0.717) is 6.04 Å². The van der Waals surface area contributed by atoms with Gasteiger partial charge in [-0.2, -0.15) is 0 Å². The Balaban J connectivity index is 2.01. The van der Waals surface area contributed by atoms with Crippen molar-refractivity contribution < 1.29 is 4.74 Å². The fourth-order valence-corrected chi connectivity index (χ4v) is 2.28. The molecule has 0 saturated heterocycles. The van der Waals surface area contributed by atoms with Gasteiger partial charge in [0.25, 0.3) is 0 Å². The third kappa shape index (κ3) is 3.77. The molecule has 0 aromatic heterocycles. The smallest absolute Gasteiger partial charge is 0.119 e. The lowest BCUT2D eigenvalue weighted by Gasteiger charge is -2.16. The molecule has 20 heavy (non-hydrogen) atoms. The van der Waals surface area contributed by atoms with Gasteiger partial charge in [0.15, 0.2) is 0 Å². The van der Waals surface area contributed by atoms with Gasteiger partial charge in [-0.25, -0.2) is 0 Å². The Morgan fingerprint density at radius 3 is 2.20 bits per heavy atom. The number of hydrogen-bond acceptors (Lipinski definition) is 2. The van der Waals surface area contributed by atoms with Gasteiger partial charge >= 0.3 is 0 Å². The van der Waals surface area contributed by atoms with Crippen LogP contribution in [0.15, 0.2) is 48.5 Å². The van der Waals surface area contributed by atoms with Crippen LogP contribution in [0.1, 0.15) is 37.4 Å². The predicted octanol–water partition coefficient (Wildman–Crippen LogP) is 4.82. The van der Waals surface area contributed by atoms with Crippen LogP contribution in [0.25, 0.3) is 0 Å². The summed E-state index contributed by atoms with van der Waals surface area (Å²) in [5.74, 6) is 0.882. The zero-order valence-electron chi connectivity index (χ0n) is 12.5. The standard InChI is InChI=1S/C18H23NO/c1-4-5-15-6-8-16(9-7-15)14(2)19-17-10-12-18(20-3)13-11-17/h6-14,19H,4-5H2,1-3H3. The molecule has 0 saturated carbocycles. The van der Waals surface area contributed by atoms with Crippen molar-refractivity contribution in [2.45, 2.75) is 32.7 Å². The van der Waals surface area contributed by atoms with Gasteiger partial charge in [-0.05, 0) is 48.7 Å². The summed E-state index contributed by atoms with van der Waals surface area (Å²) in [6.45, 7) is 4.39. The van der Waals surface area contributed by atoms with Gasteiger partial charge in [-0.3, -0.25) is 0 Å². The second-order valence-corrected chi connectivity index (χ2v) is 5.09. The molecule has 0 bridgehead atoms. The Kier molecular flexibility index (Phi) is 5.05. The highest BCUT2D eigenvalue weighted by Gasteiger charge is 2.05. The molecule has 0 fully saturated rings. The Morgan fingerprint density at radius 2 is 1.65 bits per heavy atom. The van der Waals surface area contributed by atoms with E-state index in [1.807, 2.05) is 24.3 Å². The van der Waals surface area contributed by atoms with Crippen molar-refractivity contribution in [1.82, 2.24) is 0 Å². The molecule has 1 unspecified atom stereocenters. The molecular weight excluding hydrogens is 246 g/mol. The van der Waals surface area contributed by atoms with E-state index in [4.69, 9.17) is 4.74 Å². The minimum absolute atomic E-state index is 0.291. The lowest BCUT2D eigenvalue weighted by atomic mass is 10.0. The normalized spacial score (nSPS) is 11.9. The molecule has 106 valence electrons. The van der Waals surface area contributed by atoms with Crippen molar-refractivity contribution in [3.05, 3.63) is 59.7 Å². The SMILES string of the molecule is CCCc1ccc(C(C)Nc2ccc(OC)cc2)cc1. The number of methoxy groups -OCH3 is 1. The molecule has 2 nitrogen and oxygen atoms in total. The summed E-state index contributed by atoms with van der Waals surface area (Å²) in [6, 6.07) is 17.2. The summed E-state index contributed by atoms with van der Waals surface area (Å²) in [4.78, 5) is 0. The number of nitrogens with one attached hydrogen (secondary N) is 1. The Labute approximate surface area is 121 Å². The van der Waals surface area contributed by atoms with Crippen molar-refractivity contribution in [1.29, 1.82) is 0 Å². The molecule has 2 aromatic carbocycles. The minimum Gasteiger partial charge on any atom is -0.497 e. The molecule has 2 heteroatoms. The maximum atomic E-state index is 5.17. The van der Waals surface area contributed by atoms with Gasteiger partial charge in [-0.1, -0.05) is 37.6 Å². The first-order valence-corrected chi connectivity index (χ1v) is 7.22. The highest BCUT2D eigenvalue weighted by molar-refractivity contribution is 5.48. The first-order chi connectivity index (χ1) is 9.72. The summed E-state index contributed by atoms with van der Waals surface area (Å²) >= 11 is 0. The predicted molar refractivity (Wildman–Crippen MR) is 85.5 cm³/mol. The van der Waals surface area contributed by atoms with Gasteiger partial charge in [0.05, 0.1) is 7.11 Å². The van der Waals surface area contributed by atoms with Crippen molar-refractivity contribution in [3.63, 3.8) is 0 Å². The molecule has 0 amide bonds. The topological polar surface area (TPSA) is 21.3 Å². The number of hydrogen-bond donors (Lipinski definition) is 1. The monoisotopic (exact) mass is 269 g/mol. The maximum Gasteiger partial charge on any atom is 0.119 e. The number of anilines is 1. The zero-order chi connectivity index (χ0) is 14.4. The number of benzene rings is 2. The van der Waals surface area contributed by atoms with Crippen LogP contribution < -0.4 is 10.1 Å². The van der Waals surface area contributed by atoms with E-state index >= 15 is 0 Å². The van der Waals surface area contributed by atoms with E-state index in [1.54, 1.807) is 7.11 Å². The van der Waals surface area contributed by atoms with Gasteiger partial charge in [0.1, 0.15) is 5.75 Å². The molecule has 0 radical (unpaired) electrons. The van der Waals surface area contributed by atoms with Crippen LogP contribution in [0, 0.1) is 0 Å². The van der Waals surface area contributed by atoms with Gasteiger partial charge in [0.2, 0.25) is 0 Å². The van der Waals surface area contributed by atoms with E-state index in [-0.39, 0.29) is 0 Å². The Hall–Kier alpha value is -1.96. The largest absolute Gasteiger partial charge is 0.497 e.